The van der Waals surface area contributed by atoms with E-state index in [0.29, 0.717) is 11.3 Å². The maximum absolute atomic E-state index is 11.3. The van der Waals surface area contributed by atoms with E-state index in [4.69, 9.17) is 0 Å². The van der Waals surface area contributed by atoms with Gasteiger partial charge in [0.15, 0.2) is 0 Å². The van der Waals surface area contributed by atoms with Crippen molar-refractivity contribution in [3.05, 3.63) is 26.8 Å². The van der Waals surface area contributed by atoms with Gasteiger partial charge < -0.3 is 5.32 Å². The molecule has 13 heavy (non-hydrogen) atoms. The normalized spacial score (nSPS) is 14.3. The predicted octanol–water partition coefficient (Wildman–Crippen LogP) is 1.73. The number of fused-ring (bicyclic) bond motifs is 1. The molecule has 0 unspecified atom stereocenters. The first-order chi connectivity index (χ1) is 6.09. The largest absolute Gasteiger partial charge is 0.318 e. The Balaban J connectivity index is 2.70. The lowest BCUT2D eigenvalue weighted by Crippen LogP contribution is -2.12. The molecule has 1 N–H and O–H groups in total. The minimum absolute atomic E-state index is 0.434. The van der Waals surface area contributed by atoms with Crippen LogP contribution < -0.4 is 5.32 Å². The molecule has 4 heteroatoms. The molecule has 0 radical (unpaired) electrons. The summed E-state index contributed by atoms with van der Waals surface area (Å²) in [6, 6.07) is 3.65. The molecule has 1 aromatic carbocycles. The SMILES string of the molecule is Cc1cc(I)cc2c1NC(=O)C2=O. The van der Waals surface area contributed by atoms with Crippen LogP contribution in [0.5, 0.6) is 0 Å². The van der Waals surface area contributed by atoms with Gasteiger partial charge in [0.25, 0.3) is 11.7 Å². The molecule has 0 aromatic heterocycles. The van der Waals surface area contributed by atoms with Gasteiger partial charge in [-0.05, 0) is 47.2 Å². The molecular weight excluding hydrogens is 281 g/mol. The summed E-state index contributed by atoms with van der Waals surface area (Å²) in [6.07, 6.45) is 0. The number of halogens is 1. The van der Waals surface area contributed by atoms with Crippen LogP contribution in [-0.2, 0) is 4.79 Å². The third-order valence-electron chi connectivity index (χ3n) is 1.99. The summed E-state index contributed by atoms with van der Waals surface area (Å²) < 4.78 is 0.971. The molecule has 1 amide bonds. The Kier molecular flexibility index (Phi) is 1.87. The van der Waals surface area contributed by atoms with E-state index in [9.17, 15) is 9.59 Å². The van der Waals surface area contributed by atoms with Crippen LogP contribution in [0.2, 0.25) is 0 Å². The Labute approximate surface area is 88.7 Å². The maximum Gasteiger partial charge on any atom is 0.296 e. The van der Waals surface area contributed by atoms with E-state index in [2.05, 4.69) is 27.9 Å². The van der Waals surface area contributed by atoms with Gasteiger partial charge >= 0.3 is 0 Å². The summed E-state index contributed by atoms with van der Waals surface area (Å²) in [5.41, 5.74) is 2.09. The van der Waals surface area contributed by atoms with E-state index in [0.717, 1.165) is 9.13 Å². The van der Waals surface area contributed by atoms with Gasteiger partial charge in [-0.25, -0.2) is 0 Å². The van der Waals surface area contributed by atoms with Crippen LogP contribution in [0, 0.1) is 10.5 Å². The van der Waals surface area contributed by atoms with Crippen LogP contribution in [-0.4, -0.2) is 11.7 Å². The minimum Gasteiger partial charge on any atom is -0.318 e. The van der Waals surface area contributed by atoms with Crippen molar-refractivity contribution < 1.29 is 9.59 Å². The van der Waals surface area contributed by atoms with Crippen molar-refractivity contribution in [2.45, 2.75) is 6.92 Å². The second kappa shape index (κ2) is 2.80. The number of hydrogen-bond donors (Lipinski definition) is 1. The Morgan fingerprint density at radius 1 is 1.31 bits per heavy atom. The Hall–Kier alpha value is -0.910. The summed E-state index contributed by atoms with van der Waals surface area (Å²) in [5.74, 6) is -0.961. The molecule has 0 saturated heterocycles. The molecule has 1 aliphatic rings. The highest BCUT2D eigenvalue weighted by Gasteiger charge is 2.29. The standard InChI is InChI=1S/C9H6INO2/c1-4-2-5(10)3-6-7(4)11-9(13)8(6)12/h2-3H,1H3,(H,11,12,13). The molecule has 0 fully saturated rings. The van der Waals surface area contributed by atoms with Gasteiger partial charge in [0.1, 0.15) is 0 Å². The van der Waals surface area contributed by atoms with E-state index in [1.807, 2.05) is 13.0 Å². The number of hydrogen-bond acceptors (Lipinski definition) is 2. The molecule has 66 valence electrons. The maximum atomic E-state index is 11.3. The third-order valence-corrected chi connectivity index (χ3v) is 2.61. The zero-order chi connectivity index (χ0) is 9.59. The van der Waals surface area contributed by atoms with Gasteiger partial charge in [0, 0.05) is 3.57 Å². The second-order valence-electron chi connectivity index (χ2n) is 2.93. The quantitative estimate of drug-likeness (QED) is 0.583. The second-order valence-corrected chi connectivity index (χ2v) is 4.17. The number of anilines is 1. The zero-order valence-electron chi connectivity index (χ0n) is 6.85. The molecule has 3 nitrogen and oxygen atoms in total. The summed E-state index contributed by atoms with van der Waals surface area (Å²) in [5, 5.41) is 2.55. The van der Waals surface area contributed by atoms with E-state index < -0.39 is 11.7 Å². The molecule has 1 aromatic rings. The number of aryl methyl sites for hydroxylation is 1. The fraction of sp³-hybridized carbons (Fsp3) is 0.111. The van der Waals surface area contributed by atoms with Gasteiger partial charge in [-0.2, -0.15) is 0 Å². The number of benzene rings is 1. The van der Waals surface area contributed by atoms with Crippen molar-refractivity contribution >= 4 is 40.0 Å². The smallest absolute Gasteiger partial charge is 0.296 e. The fourth-order valence-corrected chi connectivity index (χ4v) is 2.16. The molecule has 0 aliphatic carbocycles. The van der Waals surface area contributed by atoms with Crippen LogP contribution in [0.25, 0.3) is 0 Å². The number of Topliss-reactive ketones (excluding diaryl/α,β-unsaturated/α-hetero) is 1. The zero-order valence-corrected chi connectivity index (χ0v) is 9.01. The summed E-state index contributed by atoms with van der Waals surface area (Å²) in [6.45, 7) is 1.87. The monoisotopic (exact) mass is 287 g/mol. The lowest BCUT2D eigenvalue weighted by Gasteiger charge is -2.02. The molecule has 1 aliphatic heterocycles. The lowest BCUT2D eigenvalue weighted by molar-refractivity contribution is -0.112. The number of ketones is 1. The Morgan fingerprint density at radius 2 is 2.00 bits per heavy atom. The predicted molar refractivity (Wildman–Crippen MR) is 56.9 cm³/mol. The van der Waals surface area contributed by atoms with E-state index in [1.165, 1.54) is 0 Å². The number of rotatable bonds is 0. The van der Waals surface area contributed by atoms with Crippen molar-refractivity contribution in [2.24, 2.45) is 0 Å². The van der Waals surface area contributed by atoms with Crippen LogP contribution in [0.4, 0.5) is 5.69 Å². The van der Waals surface area contributed by atoms with Crippen molar-refractivity contribution in [1.82, 2.24) is 0 Å². The average molecular weight is 287 g/mol. The van der Waals surface area contributed by atoms with Crippen molar-refractivity contribution in [3.8, 4) is 0 Å². The van der Waals surface area contributed by atoms with Gasteiger partial charge in [-0.1, -0.05) is 0 Å². The first-order valence-corrected chi connectivity index (χ1v) is 4.83. The molecule has 0 saturated carbocycles. The van der Waals surface area contributed by atoms with Crippen molar-refractivity contribution in [1.29, 1.82) is 0 Å². The number of carbonyl (C=O) groups is 2. The highest BCUT2D eigenvalue weighted by Crippen LogP contribution is 2.28. The van der Waals surface area contributed by atoms with Crippen LogP contribution in [0.3, 0.4) is 0 Å². The summed E-state index contributed by atoms with van der Waals surface area (Å²) >= 11 is 2.12. The van der Waals surface area contributed by atoms with E-state index >= 15 is 0 Å². The van der Waals surface area contributed by atoms with Gasteiger partial charge in [-0.15, -0.1) is 0 Å². The Bertz CT molecular complexity index is 426. The van der Waals surface area contributed by atoms with Crippen LogP contribution in [0.15, 0.2) is 12.1 Å². The van der Waals surface area contributed by atoms with Gasteiger partial charge in [0.05, 0.1) is 11.3 Å². The molecule has 0 bridgehead atoms. The summed E-state index contributed by atoms with van der Waals surface area (Å²) in [7, 11) is 0. The molecule has 0 spiro atoms. The van der Waals surface area contributed by atoms with Crippen molar-refractivity contribution in [2.75, 3.05) is 5.32 Å². The number of nitrogens with one attached hydrogen (secondary N) is 1. The number of carbonyl (C=O) groups excluding carboxylic acids is 2. The van der Waals surface area contributed by atoms with Gasteiger partial charge in [0.2, 0.25) is 0 Å². The average Bonchev–Trinajstić information content (AvgIpc) is 2.32. The van der Waals surface area contributed by atoms with E-state index in [1.54, 1.807) is 6.07 Å². The van der Waals surface area contributed by atoms with Crippen molar-refractivity contribution in [3.63, 3.8) is 0 Å². The van der Waals surface area contributed by atoms with Gasteiger partial charge in [-0.3, -0.25) is 9.59 Å². The third kappa shape index (κ3) is 1.25. The molecule has 2 rings (SSSR count). The molecular formula is C9H6INO2. The molecule has 1 heterocycles. The number of amides is 1. The lowest BCUT2D eigenvalue weighted by atomic mass is 10.1. The first kappa shape index (κ1) is 8.68. The van der Waals surface area contributed by atoms with Crippen LogP contribution >= 0.6 is 22.6 Å². The first-order valence-electron chi connectivity index (χ1n) is 3.75. The highest BCUT2D eigenvalue weighted by atomic mass is 127. The fourth-order valence-electron chi connectivity index (χ4n) is 1.38. The topological polar surface area (TPSA) is 46.2 Å². The highest BCUT2D eigenvalue weighted by molar-refractivity contribution is 14.1. The molecule has 0 atom stereocenters. The summed E-state index contributed by atoms with van der Waals surface area (Å²) in [4.78, 5) is 22.3. The Morgan fingerprint density at radius 3 is 2.69 bits per heavy atom. The van der Waals surface area contributed by atoms with E-state index in [-0.39, 0.29) is 0 Å². The minimum atomic E-state index is -0.528. The van der Waals surface area contributed by atoms with Crippen LogP contribution in [0.1, 0.15) is 15.9 Å².